The minimum Gasteiger partial charge on any atom is -0.368 e. The lowest BCUT2D eigenvalue weighted by Crippen LogP contribution is -2.51. The molecule has 2 aliphatic rings. The summed E-state index contributed by atoms with van der Waals surface area (Å²) in [6.07, 6.45) is 0.298. The van der Waals surface area contributed by atoms with E-state index in [0.29, 0.717) is 19.5 Å². The maximum Gasteiger partial charge on any atom is 0.228 e. The summed E-state index contributed by atoms with van der Waals surface area (Å²) in [6.45, 7) is 5.08. The van der Waals surface area contributed by atoms with E-state index in [1.54, 1.807) is 4.90 Å². The minimum absolute atomic E-state index is 0.0480. The Morgan fingerprint density at radius 1 is 0.929 bits per heavy atom. The number of anilines is 1. The van der Waals surface area contributed by atoms with Gasteiger partial charge in [-0.15, -0.1) is 0 Å². The Morgan fingerprint density at radius 2 is 1.57 bits per heavy atom. The van der Waals surface area contributed by atoms with Crippen LogP contribution in [-0.2, 0) is 9.59 Å². The first-order valence-corrected chi connectivity index (χ1v) is 9.95. The summed E-state index contributed by atoms with van der Waals surface area (Å²) in [5, 5.41) is 0. The Hall–Kier alpha value is -2.82. The van der Waals surface area contributed by atoms with Gasteiger partial charge >= 0.3 is 0 Å². The molecule has 2 heterocycles. The molecule has 0 radical (unpaired) electrons. The summed E-state index contributed by atoms with van der Waals surface area (Å²) in [4.78, 5) is 31.7. The topological polar surface area (TPSA) is 43.9 Å². The number of carbonyl (C=O) groups excluding carboxylic acids is 2. The second-order valence-corrected chi connectivity index (χ2v) is 7.82. The number of carbonyl (C=O) groups is 2. The number of amides is 2. The van der Waals surface area contributed by atoms with Gasteiger partial charge in [0.15, 0.2) is 0 Å². The second kappa shape index (κ2) is 7.66. The van der Waals surface area contributed by atoms with Crippen LogP contribution >= 0.6 is 0 Å². The van der Waals surface area contributed by atoms with Crippen molar-refractivity contribution in [2.75, 3.05) is 38.1 Å². The van der Waals surface area contributed by atoms with E-state index in [-0.39, 0.29) is 23.8 Å². The van der Waals surface area contributed by atoms with Gasteiger partial charge in [-0.2, -0.15) is 0 Å². The number of benzene rings is 2. The molecule has 2 aliphatic heterocycles. The van der Waals surface area contributed by atoms with Gasteiger partial charge in [-0.3, -0.25) is 9.59 Å². The van der Waals surface area contributed by atoms with Crippen LogP contribution in [-0.4, -0.2) is 54.8 Å². The Morgan fingerprint density at radius 3 is 2.21 bits per heavy atom. The van der Waals surface area contributed by atoms with Gasteiger partial charge in [-0.1, -0.05) is 48.0 Å². The average Bonchev–Trinajstić information content (AvgIpc) is 3.03. The fraction of sp³-hybridized carbons (Fsp3) is 0.391. The summed E-state index contributed by atoms with van der Waals surface area (Å²) in [5.74, 6) is -0.147. The van der Waals surface area contributed by atoms with E-state index in [4.69, 9.17) is 0 Å². The molecule has 2 atom stereocenters. The molecule has 4 rings (SSSR count). The molecule has 2 fully saturated rings. The van der Waals surface area contributed by atoms with Gasteiger partial charge in [0, 0.05) is 45.3 Å². The summed E-state index contributed by atoms with van der Waals surface area (Å²) in [7, 11) is 1.81. The molecule has 2 amide bonds. The highest BCUT2D eigenvalue weighted by Gasteiger charge is 2.44. The van der Waals surface area contributed by atoms with Gasteiger partial charge in [0.25, 0.3) is 0 Å². The molecule has 2 aromatic rings. The van der Waals surface area contributed by atoms with E-state index in [1.807, 2.05) is 61.3 Å². The first-order valence-electron chi connectivity index (χ1n) is 9.95. The maximum atomic E-state index is 13.3. The van der Waals surface area contributed by atoms with Gasteiger partial charge in [-0.05, 0) is 24.6 Å². The van der Waals surface area contributed by atoms with Crippen molar-refractivity contribution >= 4 is 17.5 Å². The molecule has 146 valence electrons. The van der Waals surface area contributed by atoms with E-state index >= 15 is 0 Å². The number of rotatable bonds is 3. The first kappa shape index (κ1) is 18.5. The van der Waals surface area contributed by atoms with Crippen molar-refractivity contribution in [3.8, 4) is 0 Å². The summed E-state index contributed by atoms with van der Waals surface area (Å²) in [5.41, 5.74) is 3.42. The highest BCUT2D eigenvalue weighted by molar-refractivity contribution is 5.90. The minimum atomic E-state index is -0.302. The third-order valence-electron chi connectivity index (χ3n) is 6.04. The molecule has 2 saturated heterocycles. The number of aryl methyl sites for hydroxylation is 1. The van der Waals surface area contributed by atoms with Crippen molar-refractivity contribution in [3.63, 3.8) is 0 Å². The normalized spacial score (nSPS) is 22.6. The molecule has 0 spiro atoms. The zero-order valence-corrected chi connectivity index (χ0v) is 16.5. The lowest BCUT2D eigenvalue weighted by Gasteiger charge is -2.38. The van der Waals surface area contributed by atoms with Crippen molar-refractivity contribution in [1.82, 2.24) is 9.80 Å². The summed E-state index contributed by atoms with van der Waals surface area (Å²) in [6, 6.07) is 18.3. The van der Waals surface area contributed by atoms with Gasteiger partial charge in [0.05, 0.1) is 12.0 Å². The van der Waals surface area contributed by atoms with Gasteiger partial charge in [-0.25, -0.2) is 0 Å². The fourth-order valence-electron chi connectivity index (χ4n) is 4.37. The number of piperazine rings is 1. The molecule has 5 nitrogen and oxygen atoms in total. The lowest BCUT2D eigenvalue weighted by molar-refractivity contribution is -0.136. The standard InChI is InChI=1S/C23H27N3O2/c1-17-8-10-18(11-9-17)22-20(16-21(27)24(22)2)23(28)26-14-12-25(13-15-26)19-6-4-3-5-7-19/h3-11,20,22H,12-16H2,1-2H3. The average molecular weight is 377 g/mol. The van der Waals surface area contributed by atoms with E-state index < -0.39 is 0 Å². The summed E-state index contributed by atoms with van der Waals surface area (Å²) >= 11 is 0. The number of para-hydroxylation sites is 1. The Labute approximate surface area is 166 Å². The lowest BCUT2D eigenvalue weighted by atomic mass is 9.91. The van der Waals surface area contributed by atoms with Gasteiger partial charge in [0.1, 0.15) is 0 Å². The predicted octanol–water partition coefficient (Wildman–Crippen LogP) is 2.86. The SMILES string of the molecule is Cc1ccc(C2C(C(=O)N3CCN(c4ccccc4)CC3)CC(=O)N2C)cc1. The van der Waals surface area contributed by atoms with Gasteiger partial charge < -0.3 is 14.7 Å². The first-order chi connectivity index (χ1) is 13.5. The molecule has 28 heavy (non-hydrogen) atoms. The van der Waals surface area contributed by atoms with Crippen LogP contribution in [0.2, 0.25) is 0 Å². The number of nitrogens with zero attached hydrogens (tertiary/aromatic N) is 3. The summed E-state index contributed by atoms with van der Waals surface area (Å²) < 4.78 is 0. The number of hydrogen-bond acceptors (Lipinski definition) is 3. The number of likely N-dealkylation sites (tertiary alicyclic amines) is 1. The fourth-order valence-corrected chi connectivity index (χ4v) is 4.37. The van der Waals surface area contributed by atoms with E-state index in [2.05, 4.69) is 17.0 Å². The molecule has 5 heteroatoms. The highest BCUT2D eigenvalue weighted by atomic mass is 16.2. The Balaban J connectivity index is 1.47. The predicted molar refractivity (Wildman–Crippen MR) is 110 cm³/mol. The van der Waals surface area contributed by atoms with Crippen LogP contribution < -0.4 is 4.90 Å². The quantitative estimate of drug-likeness (QED) is 0.826. The van der Waals surface area contributed by atoms with E-state index in [9.17, 15) is 9.59 Å². The van der Waals surface area contributed by atoms with Crippen LogP contribution in [0, 0.1) is 12.8 Å². The third-order valence-corrected chi connectivity index (χ3v) is 6.04. The van der Waals surface area contributed by atoms with Crippen LogP contribution in [0.5, 0.6) is 0 Å². The van der Waals surface area contributed by atoms with Crippen LogP contribution in [0.15, 0.2) is 54.6 Å². The molecule has 0 aromatic heterocycles. The molecule has 2 aromatic carbocycles. The van der Waals surface area contributed by atoms with Crippen LogP contribution in [0.4, 0.5) is 5.69 Å². The van der Waals surface area contributed by atoms with Crippen molar-refractivity contribution in [2.45, 2.75) is 19.4 Å². The van der Waals surface area contributed by atoms with Gasteiger partial charge in [0.2, 0.25) is 11.8 Å². The van der Waals surface area contributed by atoms with E-state index in [0.717, 1.165) is 18.7 Å². The smallest absolute Gasteiger partial charge is 0.228 e. The monoisotopic (exact) mass is 377 g/mol. The van der Waals surface area contributed by atoms with Crippen LogP contribution in [0.3, 0.4) is 0 Å². The molecule has 2 unspecified atom stereocenters. The maximum absolute atomic E-state index is 13.3. The Bertz CT molecular complexity index is 842. The van der Waals surface area contributed by atoms with Crippen molar-refractivity contribution in [2.24, 2.45) is 5.92 Å². The molecule has 0 N–H and O–H groups in total. The largest absolute Gasteiger partial charge is 0.368 e. The van der Waals surface area contributed by atoms with Crippen LogP contribution in [0.1, 0.15) is 23.6 Å². The third kappa shape index (κ3) is 3.49. The molecule has 0 bridgehead atoms. The number of hydrogen-bond donors (Lipinski definition) is 0. The van der Waals surface area contributed by atoms with Crippen molar-refractivity contribution in [3.05, 3.63) is 65.7 Å². The molecular weight excluding hydrogens is 350 g/mol. The van der Waals surface area contributed by atoms with Crippen LogP contribution in [0.25, 0.3) is 0 Å². The molecule has 0 saturated carbocycles. The van der Waals surface area contributed by atoms with Crippen molar-refractivity contribution in [1.29, 1.82) is 0 Å². The zero-order chi connectivity index (χ0) is 19.7. The zero-order valence-electron chi connectivity index (χ0n) is 16.5. The Kier molecular flexibility index (Phi) is 5.07. The second-order valence-electron chi connectivity index (χ2n) is 7.82. The highest BCUT2D eigenvalue weighted by Crippen LogP contribution is 2.38. The molecular formula is C23H27N3O2. The van der Waals surface area contributed by atoms with E-state index in [1.165, 1.54) is 11.3 Å². The molecule has 0 aliphatic carbocycles. The van der Waals surface area contributed by atoms with Crippen molar-refractivity contribution < 1.29 is 9.59 Å².